The van der Waals surface area contributed by atoms with Gasteiger partial charge in [-0.15, -0.1) is 0 Å². The molecule has 0 saturated carbocycles. The second kappa shape index (κ2) is 5.88. The number of carbonyl (C=O) groups is 1. The van der Waals surface area contributed by atoms with Gasteiger partial charge in [0.25, 0.3) is 0 Å². The van der Waals surface area contributed by atoms with Crippen LogP contribution in [0.3, 0.4) is 0 Å². The molecule has 0 bridgehead atoms. The number of rotatable bonds is 3. The van der Waals surface area contributed by atoms with Gasteiger partial charge in [0.2, 0.25) is 5.91 Å². The van der Waals surface area contributed by atoms with Crippen LogP contribution < -0.4 is 0 Å². The molecule has 1 aliphatic heterocycles. The van der Waals surface area contributed by atoms with Gasteiger partial charge in [-0.1, -0.05) is 58.6 Å². The molecule has 1 heterocycles. The highest BCUT2D eigenvalue weighted by atomic mass is 32.2. The summed E-state index contributed by atoms with van der Waals surface area (Å²) in [5.41, 5.74) is -0.280. The quantitative estimate of drug-likeness (QED) is 0.811. The van der Waals surface area contributed by atoms with Crippen LogP contribution in [0.15, 0.2) is 0 Å². The Morgan fingerprint density at radius 3 is 2.56 bits per heavy atom. The third-order valence-corrected chi connectivity index (χ3v) is 4.81. The molecule has 18 heavy (non-hydrogen) atoms. The number of thiocarbonyl (C=S) groups is 1. The average Bonchev–Trinajstić information content (AvgIpc) is 2.58. The maximum absolute atomic E-state index is 12.3. The van der Waals surface area contributed by atoms with Gasteiger partial charge in [0.05, 0.1) is 12.5 Å². The molecular formula is C13H23NO2S2. The van der Waals surface area contributed by atoms with E-state index < -0.39 is 6.10 Å². The average molecular weight is 289 g/mol. The highest BCUT2D eigenvalue weighted by Gasteiger charge is 2.37. The first kappa shape index (κ1) is 15.9. The van der Waals surface area contributed by atoms with Crippen molar-refractivity contribution in [3.8, 4) is 0 Å². The molecule has 2 atom stereocenters. The van der Waals surface area contributed by atoms with Gasteiger partial charge in [0.1, 0.15) is 4.32 Å². The Kier molecular flexibility index (Phi) is 5.21. The summed E-state index contributed by atoms with van der Waals surface area (Å²) >= 11 is 6.81. The van der Waals surface area contributed by atoms with Crippen molar-refractivity contribution < 1.29 is 9.90 Å². The van der Waals surface area contributed by atoms with Crippen LogP contribution in [0.4, 0.5) is 0 Å². The minimum absolute atomic E-state index is 0.0499. The number of hydrogen-bond acceptors (Lipinski definition) is 4. The molecule has 1 rings (SSSR count). The highest BCUT2D eigenvalue weighted by molar-refractivity contribution is 8.23. The Bertz CT molecular complexity index is 336. The second-order valence-corrected chi connectivity index (χ2v) is 7.89. The van der Waals surface area contributed by atoms with Gasteiger partial charge in [-0.25, -0.2) is 0 Å². The number of aliphatic hydroxyl groups is 1. The summed E-state index contributed by atoms with van der Waals surface area (Å²) in [6.45, 7) is 9.99. The Balaban J connectivity index is 2.73. The van der Waals surface area contributed by atoms with Crippen molar-refractivity contribution in [1.82, 2.24) is 4.90 Å². The van der Waals surface area contributed by atoms with Crippen LogP contribution in [0.1, 0.15) is 41.0 Å². The first-order valence-corrected chi connectivity index (χ1v) is 7.71. The van der Waals surface area contributed by atoms with E-state index in [9.17, 15) is 9.90 Å². The van der Waals surface area contributed by atoms with Crippen molar-refractivity contribution in [2.75, 3.05) is 5.75 Å². The Morgan fingerprint density at radius 1 is 1.56 bits per heavy atom. The fourth-order valence-electron chi connectivity index (χ4n) is 1.78. The van der Waals surface area contributed by atoms with Crippen LogP contribution in [-0.2, 0) is 4.79 Å². The lowest BCUT2D eigenvalue weighted by Gasteiger charge is -2.30. The lowest BCUT2D eigenvalue weighted by Crippen LogP contribution is -2.44. The van der Waals surface area contributed by atoms with E-state index in [1.54, 1.807) is 16.7 Å². The van der Waals surface area contributed by atoms with E-state index in [2.05, 4.69) is 13.8 Å². The standard InChI is InChI=1S/C13H23NO2S2/c1-8(2)9-7-18-12(17)14(9)11(16)6-10(15)13(3,4)5/h8-10,15H,6-7H2,1-5H3/t9-,10+/m1/s1. The molecule has 1 N–H and O–H groups in total. The lowest BCUT2D eigenvalue weighted by molar-refractivity contribution is -0.132. The first-order valence-electron chi connectivity index (χ1n) is 6.31. The number of nitrogens with zero attached hydrogens (tertiary/aromatic N) is 1. The molecule has 1 saturated heterocycles. The zero-order valence-corrected chi connectivity index (χ0v) is 13.4. The van der Waals surface area contributed by atoms with Crippen molar-refractivity contribution in [1.29, 1.82) is 0 Å². The van der Waals surface area contributed by atoms with Gasteiger partial charge in [-0.05, 0) is 11.3 Å². The molecule has 0 aliphatic carbocycles. The van der Waals surface area contributed by atoms with Crippen LogP contribution in [-0.4, -0.2) is 38.1 Å². The van der Waals surface area contributed by atoms with Crippen molar-refractivity contribution >= 4 is 34.2 Å². The Morgan fingerprint density at radius 2 is 2.11 bits per heavy atom. The highest BCUT2D eigenvalue weighted by Crippen LogP contribution is 2.31. The molecule has 0 spiro atoms. The zero-order chi connectivity index (χ0) is 14.1. The predicted molar refractivity (Wildman–Crippen MR) is 80.6 cm³/mol. The largest absolute Gasteiger partial charge is 0.392 e. The fraction of sp³-hybridized carbons (Fsp3) is 0.846. The molecular weight excluding hydrogens is 266 g/mol. The van der Waals surface area contributed by atoms with E-state index in [0.29, 0.717) is 10.2 Å². The number of amides is 1. The van der Waals surface area contributed by atoms with Crippen molar-refractivity contribution in [3.63, 3.8) is 0 Å². The molecule has 1 fully saturated rings. The number of aliphatic hydroxyl groups excluding tert-OH is 1. The van der Waals surface area contributed by atoms with E-state index in [4.69, 9.17) is 12.2 Å². The van der Waals surface area contributed by atoms with Gasteiger partial charge in [-0.2, -0.15) is 0 Å². The van der Waals surface area contributed by atoms with E-state index in [1.807, 2.05) is 20.8 Å². The van der Waals surface area contributed by atoms with Gasteiger partial charge < -0.3 is 5.11 Å². The van der Waals surface area contributed by atoms with Gasteiger partial charge >= 0.3 is 0 Å². The smallest absolute Gasteiger partial charge is 0.230 e. The van der Waals surface area contributed by atoms with Crippen molar-refractivity contribution in [3.05, 3.63) is 0 Å². The summed E-state index contributed by atoms with van der Waals surface area (Å²) < 4.78 is 0.653. The van der Waals surface area contributed by atoms with Crippen LogP contribution in [0, 0.1) is 11.3 Å². The number of thioether (sulfide) groups is 1. The first-order chi connectivity index (χ1) is 8.14. The molecule has 0 aromatic heterocycles. The normalized spacial score (nSPS) is 22.7. The van der Waals surface area contributed by atoms with E-state index in [0.717, 1.165) is 5.75 Å². The molecule has 0 aromatic rings. The molecule has 3 nitrogen and oxygen atoms in total. The van der Waals surface area contributed by atoms with E-state index in [1.165, 1.54) is 0 Å². The molecule has 0 radical (unpaired) electrons. The summed E-state index contributed by atoms with van der Waals surface area (Å²) in [5.74, 6) is 1.20. The monoisotopic (exact) mass is 289 g/mol. The third kappa shape index (κ3) is 3.68. The van der Waals surface area contributed by atoms with Crippen LogP contribution in [0.2, 0.25) is 0 Å². The van der Waals surface area contributed by atoms with Gasteiger partial charge in [0.15, 0.2) is 0 Å². The van der Waals surface area contributed by atoms with Crippen LogP contribution >= 0.6 is 24.0 Å². The second-order valence-electron chi connectivity index (χ2n) is 6.24. The van der Waals surface area contributed by atoms with E-state index in [-0.39, 0.29) is 23.8 Å². The fourth-order valence-corrected chi connectivity index (χ4v) is 3.45. The summed E-state index contributed by atoms with van der Waals surface area (Å²) in [6, 6.07) is 0.169. The minimum Gasteiger partial charge on any atom is -0.392 e. The SMILES string of the molecule is CC(C)[C@H]1CSC(=S)N1C(=O)C[C@H](O)C(C)(C)C. The minimum atomic E-state index is -0.633. The Hall–Kier alpha value is -0.130. The molecule has 1 amide bonds. The van der Waals surface area contributed by atoms with Crippen LogP contribution in [0.5, 0.6) is 0 Å². The molecule has 104 valence electrons. The summed E-state index contributed by atoms with van der Waals surface area (Å²) in [4.78, 5) is 14.0. The molecule has 5 heteroatoms. The predicted octanol–water partition coefficient (Wildman–Crippen LogP) is 2.67. The summed E-state index contributed by atoms with van der Waals surface area (Å²) in [7, 11) is 0. The Labute approximate surface area is 119 Å². The van der Waals surface area contributed by atoms with E-state index >= 15 is 0 Å². The lowest BCUT2D eigenvalue weighted by atomic mass is 9.87. The van der Waals surface area contributed by atoms with Crippen molar-refractivity contribution in [2.24, 2.45) is 11.3 Å². The summed E-state index contributed by atoms with van der Waals surface area (Å²) in [5, 5.41) is 10.0. The number of carbonyl (C=O) groups excluding carboxylic acids is 1. The molecule has 1 aliphatic rings. The molecule has 0 unspecified atom stereocenters. The summed E-state index contributed by atoms with van der Waals surface area (Å²) in [6.07, 6.45) is -0.487. The van der Waals surface area contributed by atoms with Gasteiger partial charge in [-0.3, -0.25) is 9.69 Å². The van der Waals surface area contributed by atoms with Crippen molar-refractivity contribution in [2.45, 2.75) is 53.2 Å². The zero-order valence-electron chi connectivity index (χ0n) is 11.8. The number of hydrogen-bond donors (Lipinski definition) is 1. The third-order valence-electron chi connectivity index (χ3n) is 3.31. The maximum Gasteiger partial charge on any atom is 0.230 e. The maximum atomic E-state index is 12.3. The van der Waals surface area contributed by atoms with Crippen LogP contribution in [0.25, 0.3) is 0 Å². The van der Waals surface area contributed by atoms with Gasteiger partial charge in [0, 0.05) is 11.8 Å². The molecule has 0 aromatic carbocycles. The topological polar surface area (TPSA) is 40.5 Å².